The molecular weight excluding hydrogens is 420 g/mol. The molecule has 0 saturated carbocycles. The molecule has 33 heavy (non-hydrogen) atoms. The highest BCUT2D eigenvalue weighted by atomic mass is 16.2. The summed E-state index contributed by atoms with van der Waals surface area (Å²) >= 11 is 0. The number of aromatic nitrogens is 3. The average molecular weight is 451 g/mol. The van der Waals surface area contributed by atoms with Crippen molar-refractivity contribution in [3.63, 3.8) is 0 Å². The van der Waals surface area contributed by atoms with Gasteiger partial charge in [0.05, 0.1) is 10.9 Å². The summed E-state index contributed by atoms with van der Waals surface area (Å²) in [7, 11) is 0. The second-order valence-corrected chi connectivity index (χ2v) is 8.38. The Labute approximate surface area is 192 Å². The molecule has 0 bridgehead atoms. The number of aromatic amines is 1. The van der Waals surface area contributed by atoms with E-state index in [1.54, 1.807) is 0 Å². The molecule has 2 N–H and O–H groups in total. The summed E-state index contributed by atoms with van der Waals surface area (Å²) in [5, 5.41) is 3.11. The first-order chi connectivity index (χ1) is 15.9. The lowest BCUT2D eigenvalue weighted by molar-refractivity contribution is 0.102. The molecule has 0 spiro atoms. The SMILES string of the molecule is CCCn1c(=O)[nH]c(=O)c2cc(C(=O)Nc3ccc(N4CCN(CC)CC4)c(C)c3)cnc21. The van der Waals surface area contributed by atoms with Crippen molar-refractivity contribution in [1.29, 1.82) is 0 Å². The Kier molecular flexibility index (Phi) is 6.60. The van der Waals surface area contributed by atoms with Crippen LogP contribution in [0, 0.1) is 6.92 Å². The summed E-state index contributed by atoms with van der Waals surface area (Å²) in [5.74, 6) is -0.360. The third-order valence-corrected chi connectivity index (χ3v) is 6.16. The predicted molar refractivity (Wildman–Crippen MR) is 130 cm³/mol. The third-order valence-electron chi connectivity index (χ3n) is 6.16. The molecule has 0 aliphatic carbocycles. The molecule has 9 heteroatoms. The van der Waals surface area contributed by atoms with Crippen LogP contribution in [0.2, 0.25) is 0 Å². The number of nitrogens with one attached hydrogen (secondary N) is 2. The smallest absolute Gasteiger partial charge is 0.329 e. The van der Waals surface area contributed by atoms with E-state index < -0.39 is 11.2 Å². The highest BCUT2D eigenvalue weighted by Crippen LogP contribution is 2.25. The van der Waals surface area contributed by atoms with Crippen molar-refractivity contribution in [2.45, 2.75) is 33.7 Å². The molecular formula is C24H30N6O3. The van der Waals surface area contributed by atoms with E-state index in [9.17, 15) is 14.4 Å². The number of fused-ring (bicyclic) bond motifs is 1. The molecule has 4 rings (SSSR count). The third kappa shape index (κ3) is 4.68. The number of H-pyrrole nitrogens is 1. The quantitative estimate of drug-likeness (QED) is 0.597. The standard InChI is InChI=1S/C24H30N6O3/c1-4-8-30-21-19(23(32)27-24(30)33)14-17(15-25-21)22(31)26-18-6-7-20(16(3)13-18)29-11-9-28(5-2)10-12-29/h6-7,13-15H,4-5,8-12H2,1-3H3,(H,26,31)(H,27,32,33). The lowest BCUT2D eigenvalue weighted by Gasteiger charge is -2.36. The summed E-state index contributed by atoms with van der Waals surface area (Å²) in [6.07, 6.45) is 2.12. The van der Waals surface area contributed by atoms with Gasteiger partial charge in [-0.25, -0.2) is 9.78 Å². The van der Waals surface area contributed by atoms with Crippen LogP contribution in [0.4, 0.5) is 11.4 Å². The molecule has 1 aliphatic heterocycles. The Bertz CT molecular complexity index is 1290. The molecule has 0 atom stereocenters. The highest BCUT2D eigenvalue weighted by molar-refractivity contribution is 6.05. The van der Waals surface area contributed by atoms with Crippen molar-refractivity contribution < 1.29 is 4.79 Å². The van der Waals surface area contributed by atoms with Crippen LogP contribution in [0.1, 0.15) is 36.2 Å². The number of hydrogen-bond acceptors (Lipinski definition) is 6. The molecule has 0 radical (unpaired) electrons. The zero-order valence-electron chi connectivity index (χ0n) is 19.4. The van der Waals surface area contributed by atoms with Gasteiger partial charge < -0.3 is 15.1 Å². The lowest BCUT2D eigenvalue weighted by Crippen LogP contribution is -2.46. The maximum atomic E-state index is 12.9. The number of likely N-dealkylation sites (N-methyl/N-ethyl adjacent to an activating group) is 1. The van der Waals surface area contributed by atoms with Gasteiger partial charge in [-0.2, -0.15) is 0 Å². The number of benzene rings is 1. The molecule has 1 aliphatic rings. The molecule has 3 aromatic rings. The average Bonchev–Trinajstić information content (AvgIpc) is 2.81. The molecule has 3 heterocycles. The predicted octanol–water partition coefficient (Wildman–Crippen LogP) is 2.20. The van der Waals surface area contributed by atoms with Crippen LogP contribution in [0.15, 0.2) is 40.1 Å². The van der Waals surface area contributed by atoms with Crippen molar-refractivity contribution in [1.82, 2.24) is 19.4 Å². The second-order valence-electron chi connectivity index (χ2n) is 8.38. The number of rotatable bonds is 6. The second kappa shape index (κ2) is 9.58. The fourth-order valence-corrected chi connectivity index (χ4v) is 4.32. The number of pyridine rings is 1. The monoisotopic (exact) mass is 450 g/mol. The van der Waals surface area contributed by atoms with Gasteiger partial charge in [0.25, 0.3) is 11.5 Å². The van der Waals surface area contributed by atoms with Gasteiger partial charge in [-0.3, -0.25) is 19.1 Å². The maximum absolute atomic E-state index is 12.9. The summed E-state index contributed by atoms with van der Waals surface area (Å²) in [5.41, 5.74) is 2.44. The van der Waals surface area contributed by atoms with E-state index in [-0.39, 0.29) is 22.5 Å². The van der Waals surface area contributed by atoms with E-state index in [0.29, 0.717) is 18.7 Å². The number of carbonyl (C=O) groups excluding carboxylic acids is 1. The van der Waals surface area contributed by atoms with Crippen molar-refractivity contribution in [2.75, 3.05) is 42.9 Å². The first-order valence-electron chi connectivity index (χ1n) is 11.4. The summed E-state index contributed by atoms with van der Waals surface area (Å²) < 4.78 is 1.42. The molecule has 1 saturated heterocycles. The molecule has 9 nitrogen and oxygen atoms in total. The number of aryl methyl sites for hydroxylation is 2. The Balaban J connectivity index is 1.54. The zero-order chi connectivity index (χ0) is 23.5. The molecule has 1 aromatic carbocycles. The fourth-order valence-electron chi connectivity index (χ4n) is 4.32. The summed E-state index contributed by atoms with van der Waals surface area (Å²) in [6.45, 7) is 11.7. The van der Waals surface area contributed by atoms with E-state index in [1.807, 2.05) is 32.0 Å². The van der Waals surface area contributed by atoms with Crippen molar-refractivity contribution >= 4 is 28.3 Å². The van der Waals surface area contributed by atoms with Crippen LogP contribution in [0.3, 0.4) is 0 Å². The molecule has 1 fully saturated rings. The van der Waals surface area contributed by atoms with Crippen molar-refractivity contribution in [3.05, 3.63) is 62.4 Å². The van der Waals surface area contributed by atoms with Gasteiger partial charge >= 0.3 is 5.69 Å². The number of nitrogens with zero attached hydrogens (tertiary/aromatic N) is 4. The summed E-state index contributed by atoms with van der Waals surface area (Å²) in [6, 6.07) is 7.38. The van der Waals surface area contributed by atoms with Gasteiger partial charge in [-0.05, 0) is 49.7 Å². The minimum Gasteiger partial charge on any atom is -0.369 e. The number of carbonyl (C=O) groups is 1. The first-order valence-corrected chi connectivity index (χ1v) is 11.4. The molecule has 2 aromatic heterocycles. The minimum absolute atomic E-state index is 0.216. The highest BCUT2D eigenvalue weighted by Gasteiger charge is 2.18. The topological polar surface area (TPSA) is 103 Å². The van der Waals surface area contributed by atoms with Crippen LogP contribution >= 0.6 is 0 Å². The largest absolute Gasteiger partial charge is 0.369 e. The van der Waals surface area contributed by atoms with Gasteiger partial charge in [-0.1, -0.05) is 13.8 Å². The van der Waals surface area contributed by atoms with Crippen molar-refractivity contribution in [2.24, 2.45) is 0 Å². The van der Waals surface area contributed by atoms with Gasteiger partial charge in [0, 0.05) is 50.3 Å². The number of anilines is 2. The minimum atomic E-state index is -0.548. The van der Waals surface area contributed by atoms with Crippen LogP contribution in [0.25, 0.3) is 11.0 Å². The van der Waals surface area contributed by atoms with E-state index in [2.05, 4.69) is 32.0 Å². The van der Waals surface area contributed by atoms with Crippen LogP contribution in [-0.4, -0.2) is 58.1 Å². The normalized spacial score (nSPS) is 14.6. The van der Waals surface area contributed by atoms with E-state index in [0.717, 1.165) is 38.3 Å². The Morgan fingerprint density at radius 2 is 1.88 bits per heavy atom. The Morgan fingerprint density at radius 3 is 2.55 bits per heavy atom. The van der Waals surface area contributed by atoms with Gasteiger partial charge in [0.15, 0.2) is 0 Å². The number of amides is 1. The molecule has 174 valence electrons. The van der Waals surface area contributed by atoms with Crippen molar-refractivity contribution in [3.8, 4) is 0 Å². The molecule has 0 unspecified atom stereocenters. The Morgan fingerprint density at radius 1 is 1.12 bits per heavy atom. The van der Waals surface area contributed by atoms with Gasteiger partial charge in [-0.15, -0.1) is 0 Å². The summed E-state index contributed by atoms with van der Waals surface area (Å²) in [4.78, 5) is 48.7. The van der Waals surface area contributed by atoms with Crippen LogP contribution in [0.5, 0.6) is 0 Å². The number of hydrogen-bond donors (Lipinski definition) is 2. The maximum Gasteiger partial charge on any atom is 0.329 e. The van der Waals surface area contributed by atoms with E-state index in [4.69, 9.17) is 0 Å². The van der Waals surface area contributed by atoms with E-state index in [1.165, 1.54) is 22.5 Å². The van der Waals surface area contributed by atoms with Crippen LogP contribution < -0.4 is 21.5 Å². The first kappa shape index (κ1) is 22.7. The Hall–Kier alpha value is -3.46. The van der Waals surface area contributed by atoms with Gasteiger partial charge in [0.2, 0.25) is 0 Å². The molecule has 1 amide bonds. The number of piperazine rings is 1. The lowest BCUT2D eigenvalue weighted by atomic mass is 10.1. The van der Waals surface area contributed by atoms with Crippen LogP contribution in [-0.2, 0) is 6.54 Å². The fraction of sp³-hybridized carbons (Fsp3) is 0.417. The van der Waals surface area contributed by atoms with Gasteiger partial charge in [0.1, 0.15) is 5.65 Å². The van der Waals surface area contributed by atoms with E-state index >= 15 is 0 Å². The zero-order valence-corrected chi connectivity index (χ0v) is 19.4.